The van der Waals surface area contributed by atoms with Crippen LogP contribution in [0, 0.1) is 5.92 Å². The molecule has 0 saturated carbocycles. The van der Waals surface area contributed by atoms with Gasteiger partial charge in [0.1, 0.15) is 0 Å². The zero-order chi connectivity index (χ0) is 13.0. The fraction of sp³-hybridized carbons (Fsp3) is 0.538. The molecule has 100 valence electrons. The fourth-order valence-corrected chi connectivity index (χ4v) is 2.74. The monoisotopic (exact) mass is 288 g/mol. The molecule has 0 radical (unpaired) electrons. The predicted octanol–water partition coefficient (Wildman–Crippen LogP) is 2.79. The first-order valence-electron chi connectivity index (χ1n) is 6.17. The molecule has 1 heterocycles. The number of nitrogens with one attached hydrogen (secondary N) is 1. The van der Waals surface area contributed by atoms with E-state index in [4.69, 9.17) is 33.8 Å². The summed E-state index contributed by atoms with van der Waals surface area (Å²) in [4.78, 5) is 0. The average molecular weight is 289 g/mol. The van der Waals surface area contributed by atoms with E-state index in [-0.39, 0.29) is 6.04 Å². The number of rotatable bonds is 5. The van der Waals surface area contributed by atoms with E-state index in [1.54, 1.807) is 6.07 Å². The van der Waals surface area contributed by atoms with Crippen LogP contribution in [0.25, 0.3) is 0 Å². The van der Waals surface area contributed by atoms with Gasteiger partial charge in [-0.25, -0.2) is 0 Å². The molecule has 0 amide bonds. The van der Waals surface area contributed by atoms with Crippen LogP contribution in [0.1, 0.15) is 18.4 Å². The van der Waals surface area contributed by atoms with Crippen LogP contribution in [0.5, 0.6) is 0 Å². The van der Waals surface area contributed by atoms with Crippen LogP contribution in [0.2, 0.25) is 10.0 Å². The van der Waals surface area contributed by atoms with Gasteiger partial charge in [-0.3, -0.25) is 11.3 Å². The summed E-state index contributed by atoms with van der Waals surface area (Å²) < 4.78 is 5.38. The maximum atomic E-state index is 6.16. The van der Waals surface area contributed by atoms with Crippen molar-refractivity contribution in [3.8, 4) is 0 Å². The van der Waals surface area contributed by atoms with Gasteiger partial charge < -0.3 is 4.74 Å². The molecule has 3 nitrogen and oxygen atoms in total. The Balaban J connectivity index is 1.98. The molecule has 18 heavy (non-hydrogen) atoms. The first kappa shape index (κ1) is 14.1. The quantitative estimate of drug-likeness (QED) is 0.647. The third-order valence-corrected chi connectivity index (χ3v) is 3.96. The van der Waals surface area contributed by atoms with Crippen LogP contribution in [-0.2, 0) is 11.2 Å². The van der Waals surface area contributed by atoms with Gasteiger partial charge in [-0.05, 0) is 48.9 Å². The molecule has 2 atom stereocenters. The van der Waals surface area contributed by atoms with Crippen molar-refractivity contribution in [3.63, 3.8) is 0 Å². The number of ether oxygens (including phenoxy) is 1. The molecule has 2 rings (SSSR count). The van der Waals surface area contributed by atoms with Crippen LogP contribution in [0.4, 0.5) is 0 Å². The van der Waals surface area contributed by atoms with E-state index >= 15 is 0 Å². The summed E-state index contributed by atoms with van der Waals surface area (Å²) in [6, 6.07) is 5.72. The second-order valence-corrected chi connectivity index (χ2v) is 5.61. The van der Waals surface area contributed by atoms with E-state index < -0.39 is 0 Å². The first-order valence-corrected chi connectivity index (χ1v) is 6.92. The van der Waals surface area contributed by atoms with Crippen molar-refractivity contribution >= 4 is 23.2 Å². The van der Waals surface area contributed by atoms with Gasteiger partial charge in [-0.15, -0.1) is 0 Å². The minimum absolute atomic E-state index is 0.202. The summed E-state index contributed by atoms with van der Waals surface area (Å²) in [5, 5.41) is 1.44. The summed E-state index contributed by atoms with van der Waals surface area (Å²) in [5.41, 5.74) is 3.90. The minimum atomic E-state index is 0.202. The van der Waals surface area contributed by atoms with Gasteiger partial charge >= 0.3 is 0 Å². The van der Waals surface area contributed by atoms with Crippen molar-refractivity contribution in [3.05, 3.63) is 33.8 Å². The van der Waals surface area contributed by atoms with Crippen molar-refractivity contribution in [2.24, 2.45) is 11.8 Å². The van der Waals surface area contributed by atoms with Crippen LogP contribution in [0.15, 0.2) is 18.2 Å². The molecule has 0 aromatic heterocycles. The van der Waals surface area contributed by atoms with Crippen LogP contribution < -0.4 is 11.3 Å². The Morgan fingerprint density at radius 1 is 1.44 bits per heavy atom. The summed E-state index contributed by atoms with van der Waals surface area (Å²) >= 11 is 12.1. The highest BCUT2D eigenvalue weighted by Gasteiger charge is 2.21. The summed E-state index contributed by atoms with van der Waals surface area (Å²) in [7, 11) is 0. The van der Waals surface area contributed by atoms with Crippen molar-refractivity contribution < 1.29 is 4.74 Å². The van der Waals surface area contributed by atoms with Crippen molar-refractivity contribution in [2.75, 3.05) is 13.2 Å². The molecule has 0 spiro atoms. The van der Waals surface area contributed by atoms with E-state index in [9.17, 15) is 0 Å². The molecule has 1 aliphatic heterocycles. The molecular formula is C13H18Cl2N2O. The SMILES string of the molecule is NNC(Cc1cc(Cl)ccc1Cl)CC1CCOC1. The Bertz CT molecular complexity index is 395. The zero-order valence-electron chi connectivity index (χ0n) is 10.2. The molecule has 1 saturated heterocycles. The molecule has 3 N–H and O–H groups in total. The standard InChI is InChI=1S/C13H18Cl2N2O/c14-11-1-2-13(15)10(6-11)7-12(17-16)5-9-3-4-18-8-9/h1-2,6,9,12,17H,3-5,7-8,16H2. The molecular weight excluding hydrogens is 271 g/mol. The van der Waals surface area contributed by atoms with E-state index in [1.807, 2.05) is 12.1 Å². The number of hydrazine groups is 1. The second kappa shape index (κ2) is 6.73. The molecule has 0 bridgehead atoms. The fourth-order valence-electron chi connectivity index (χ4n) is 2.35. The minimum Gasteiger partial charge on any atom is -0.381 e. The predicted molar refractivity (Wildman–Crippen MR) is 74.8 cm³/mol. The van der Waals surface area contributed by atoms with Gasteiger partial charge in [0.2, 0.25) is 0 Å². The largest absolute Gasteiger partial charge is 0.381 e. The third-order valence-electron chi connectivity index (χ3n) is 3.35. The molecule has 1 fully saturated rings. The first-order chi connectivity index (χ1) is 8.69. The van der Waals surface area contributed by atoms with E-state index in [1.165, 1.54) is 0 Å². The lowest BCUT2D eigenvalue weighted by Gasteiger charge is -2.19. The lowest BCUT2D eigenvalue weighted by atomic mass is 9.95. The van der Waals surface area contributed by atoms with Crippen LogP contribution in [0.3, 0.4) is 0 Å². The van der Waals surface area contributed by atoms with Crippen LogP contribution in [-0.4, -0.2) is 19.3 Å². The Morgan fingerprint density at radius 3 is 2.94 bits per heavy atom. The van der Waals surface area contributed by atoms with E-state index in [0.29, 0.717) is 10.9 Å². The highest BCUT2D eigenvalue weighted by Crippen LogP contribution is 2.24. The maximum Gasteiger partial charge on any atom is 0.0495 e. The van der Waals surface area contributed by atoms with Gasteiger partial charge in [-0.2, -0.15) is 0 Å². The summed E-state index contributed by atoms with van der Waals surface area (Å²) in [6.07, 6.45) is 2.90. The normalized spacial score (nSPS) is 21.2. The Morgan fingerprint density at radius 2 is 2.28 bits per heavy atom. The topological polar surface area (TPSA) is 47.3 Å². The van der Waals surface area contributed by atoms with Crippen LogP contribution >= 0.6 is 23.2 Å². The smallest absolute Gasteiger partial charge is 0.0495 e. The molecule has 1 aromatic rings. The number of halogens is 2. The van der Waals surface area contributed by atoms with Gasteiger partial charge in [0, 0.05) is 29.3 Å². The molecule has 1 aromatic carbocycles. The Hall–Kier alpha value is -0.320. The second-order valence-electron chi connectivity index (χ2n) is 4.77. The Kier molecular flexibility index (Phi) is 5.27. The lowest BCUT2D eigenvalue weighted by Crippen LogP contribution is -2.38. The number of nitrogens with two attached hydrogens (primary N) is 1. The Labute approximate surface area is 118 Å². The average Bonchev–Trinajstić information content (AvgIpc) is 2.85. The van der Waals surface area contributed by atoms with Gasteiger partial charge in [0.15, 0.2) is 0 Å². The number of benzene rings is 1. The molecule has 0 aliphatic carbocycles. The lowest BCUT2D eigenvalue weighted by molar-refractivity contribution is 0.181. The molecule has 1 aliphatic rings. The third kappa shape index (κ3) is 3.84. The molecule has 2 unspecified atom stereocenters. The maximum absolute atomic E-state index is 6.16. The molecule has 5 heteroatoms. The zero-order valence-corrected chi connectivity index (χ0v) is 11.7. The highest BCUT2D eigenvalue weighted by molar-refractivity contribution is 6.33. The van der Waals surface area contributed by atoms with Gasteiger partial charge in [0.25, 0.3) is 0 Å². The van der Waals surface area contributed by atoms with E-state index in [2.05, 4.69) is 5.43 Å². The van der Waals surface area contributed by atoms with Gasteiger partial charge in [-0.1, -0.05) is 23.2 Å². The number of hydrogen-bond donors (Lipinski definition) is 2. The van der Waals surface area contributed by atoms with Crippen molar-refractivity contribution in [2.45, 2.75) is 25.3 Å². The van der Waals surface area contributed by atoms with Crippen molar-refractivity contribution in [1.82, 2.24) is 5.43 Å². The summed E-state index contributed by atoms with van der Waals surface area (Å²) in [5.74, 6) is 6.21. The highest BCUT2D eigenvalue weighted by atomic mass is 35.5. The van der Waals surface area contributed by atoms with Crippen molar-refractivity contribution in [1.29, 1.82) is 0 Å². The summed E-state index contributed by atoms with van der Waals surface area (Å²) in [6.45, 7) is 1.70. The van der Waals surface area contributed by atoms with Gasteiger partial charge in [0.05, 0.1) is 0 Å². The number of hydrogen-bond acceptors (Lipinski definition) is 3. The van der Waals surface area contributed by atoms with E-state index in [0.717, 1.165) is 43.1 Å².